The van der Waals surface area contributed by atoms with Crippen LogP contribution in [0.15, 0.2) is 42.5 Å². The van der Waals surface area contributed by atoms with Crippen LogP contribution in [-0.2, 0) is 4.79 Å². The number of benzene rings is 2. The summed E-state index contributed by atoms with van der Waals surface area (Å²) in [5, 5.41) is 14.9. The van der Waals surface area contributed by atoms with Gasteiger partial charge in [0.15, 0.2) is 0 Å². The van der Waals surface area contributed by atoms with Crippen LogP contribution in [0.2, 0.25) is 0 Å². The van der Waals surface area contributed by atoms with E-state index in [1.807, 2.05) is 32.0 Å². The number of likely N-dealkylation sites (tertiary alicyclic amines) is 1. The summed E-state index contributed by atoms with van der Waals surface area (Å²) in [6, 6.07) is 14.3. The minimum Gasteiger partial charge on any atom is -0.396 e. The van der Waals surface area contributed by atoms with Crippen LogP contribution in [0.25, 0.3) is 10.8 Å². The third-order valence-electron chi connectivity index (χ3n) is 5.38. The molecule has 1 heterocycles. The molecule has 134 valence electrons. The second-order valence-electron chi connectivity index (χ2n) is 7.16. The molecule has 3 rings (SSSR count). The van der Waals surface area contributed by atoms with E-state index in [-0.39, 0.29) is 24.6 Å². The number of rotatable bonds is 5. The molecule has 1 aliphatic rings. The monoisotopic (exact) mass is 340 g/mol. The molecule has 3 unspecified atom stereocenters. The lowest BCUT2D eigenvalue weighted by Crippen LogP contribution is -2.49. The van der Waals surface area contributed by atoms with E-state index in [1.165, 1.54) is 10.8 Å². The Bertz CT molecular complexity index is 725. The maximum Gasteiger partial charge on any atom is 0.237 e. The van der Waals surface area contributed by atoms with Crippen molar-refractivity contribution in [3.05, 3.63) is 48.0 Å². The van der Waals surface area contributed by atoms with Crippen LogP contribution >= 0.6 is 0 Å². The Morgan fingerprint density at radius 3 is 2.80 bits per heavy atom. The van der Waals surface area contributed by atoms with Gasteiger partial charge in [-0.25, -0.2) is 0 Å². The minimum atomic E-state index is -0.174. The quantitative estimate of drug-likeness (QED) is 0.879. The third-order valence-corrected chi connectivity index (χ3v) is 5.38. The number of nitrogens with zero attached hydrogens (tertiary/aromatic N) is 1. The van der Waals surface area contributed by atoms with Gasteiger partial charge in [-0.1, -0.05) is 42.5 Å². The van der Waals surface area contributed by atoms with E-state index in [4.69, 9.17) is 0 Å². The van der Waals surface area contributed by atoms with E-state index < -0.39 is 0 Å². The first-order valence-corrected chi connectivity index (χ1v) is 9.23. The molecule has 1 aliphatic heterocycles. The lowest BCUT2D eigenvalue weighted by atomic mass is 9.97. The zero-order valence-electron chi connectivity index (χ0n) is 15.1. The summed E-state index contributed by atoms with van der Waals surface area (Å²) in [6.45, 7) is 5.93. The van der Waals surface area contributed by atoms with Gasteiger partial charge >= 0.3 is 0 Å². The van der Waals surface area contributed by atoms with Crippen molar-refractivity contribution in [1.82, 2.24) is 10.2 Å². The van der Waals surface area contributed by atoms with E-state index in [0.29, 0.717) is 5.92 Å². The third kappa shape index (κ3) is 4.02. The van der Waals surface area contributed by atoms with E-state index in [9.17, 15) is 9.90 Å². The Labute approximate surface area is 149 Å². The van der Waals surface area contributed by atoms with Gasteiger partial charge in [-0.15, -0.1) is 0 Å². The van der Waals surface area contributed by atoms with Crippen molar-refractivity contribution >= 4 is 16.7 Å². The fourth-order valence-corrected chi connectivity index (χ4v) is 3.80. The van der Waals surface area contributed by atoms with Crippen molar-refractivity contribution in [3.63, 3.8) is 0 Å². The van der Waals surface area contributed by atoms with E-state index in [0.717, 1.165) is 31.5 Å². The predicted octanol–water partition coefficient (Wildman–Crippen LogP) is 3.11. The molecule has 25 heavy (non-hydrogen) atoms. The first-order chi connectivity index (χ1) is 12.1. The summed E-state index contributed by atoms with van der Waals surface area (Å²) >= 11 is 0. The molecule has 2 aromatic rings. The Morgan fingerprint density at radius 2 is 2.00 bits per heavy atom. The van der Waals surface area contributed by atoms with Gasteiger partial charge in [0.1, 0.15) is 0 Å². The van der Waals surface area contributed by atoms with E-state index >= 15 is 0 Å². The first-order valence-electron chi connectivity index (χ1n) is 9.23. The molecule has 4 heteroatoms. The number of aliphatic hydroxyl groups excluding tert-OH is 1. The molecule has 1 saturated heterocycles. The van der Waals surface area contributed by atoms with Gasteiger partial charge in [0, 0.05) is 13.2 Å². The Morgan fingerprint density at radius 1 is 1.24 bits per heavy atom. The summed E-state index contributed by atoms with van der Waals surface area (Å²) in [7, 11) is 0. The number of carbonyl (C=O) groups is 1. The average Bonchev–Trinajstić information content (AvgIpc) is 2.66. The average molecular weight is 340 g/mol. The topological polar surface area (TPSA) is 52.6 Å². The van der Waals surface area contributed by atoms with Crippen molar-refractivity contribution < 1.29 is 9.90 Å². The zero-order valence-corrected chi connectivity index (χ0v) is 15.1. The van der Waals surface area contributed by atoms with Crippen molar-refractivity contribution in [2.24, 2.45) is 5.92 Å². The molecule has 0 saturated carbocycles. The number of carbonyl (C=O) groups excluding carboxylic acids is 1. The maximum atomic E-state index is 12.7. The van der Waals surface area contributed by atoms with Gasteiger partial charge in [0.2, 0.25) is 5.91 Å². The van der Waals surface area contributed by atoms with Crippen LogP contribution in [0.5, 0.6) is 0 Å². The molecular weight excluding hydrogens is 312 g/mol. The molecular formula is C21H28N2O2. The van der Waals surface area contributed by atoms with E-state index in [2.05, 4.69) is 34.5 Å². The highest BCUT2D eigenvalue weighted by molar-refractivity contribution is 5.87. The molecule has 2 N–H and O–H groups in total. The molecule has 2 aromatic carbocycles. The first kappa shape index (κ1) is 17.9. The zero-order chi connectivity index (χ0) is 17.8. The molecule has 1 amide bonds. The SMILES string of the molecule is CC(NC(=O)C(C)N1CCCC(CO)C1)c1cccc2ccccc12. The van der Waals surface area contributed by atoms with Gasteiger partial charge in [0.25, 0.3) is 0 Å². The van der Waals surface area contributed by atoms with Gasteiger partial charge < -0.3 is 10.4 Å². The van der Waals surface area contributed by atoms with Gasteiger partial charge in [-0.2, -0.15) is 0 Å². The molecule has 0 aliphatic carbocycles. The van der Waals surface area contributed by atoms with Crippen LogP contribution in [0.1, 0.15) is 38.3 Å². The Hall–Kier alpha value is -1.91. The summed E-state index contributed by atoms with van der Waals surface area (Å²) in [4.78, 5) is 14.9. The minimum absolute atomic E-state index is 0.0421. The second-order valence-corrected chi connectivity index (χ2v) is 7.16. The summed E-state index contributed by atoms with van der Waals surface area (Å²) < 4.78 is 0. The molecule has 4 nitrogen and oxygen atoms in total. The number of hydrogen-bond acceptors (Lipinski definition) is 3. The highest BCUT2D eigenvalue weighted by Crippen LogP contribution is 2.24. The van der Waals surface area contributed by atoms with Crippen molar-refractivity contribution in [1.29, 1.82) is 0 Å². The maximum absolute atomic E-state index is 12.7. The number of piperidine rings is 1. The van der Waals surface area contributed by atoms with Crippen LogP contribution in [0.3, 0.4) is 0 Å². The van der Waals surface area contributed by atoms with Gasteiger partial charge in [-0.3, -0.25) is 9.69 Å². The van der Waals surface area contributed by atoms with Crippen LogP contribution in [-0.4, -0.2) is 41.7 Å². The van der Waals surface area contributed by atoms with E-state index in [1.54, 1.807) is 0 Å². The smallest absolute Gasteiger partial charge is 0.237 e. The summed E-state index contributed by atoms with van der Waals surface area (Å²) in [5.41, 5.74) is 1.14. The van der Waals surface area contributed by atoms with Crippen molar-refractivity contribution in [3.8, 4) is 0 Å². The Kier molecular flexibility index (Phi) is 5.71. The van der Waals surface area contributed by atoms with Gasteiger partial charge in [0.05, 0.1) is 12.1 Å². The predicted molar refractivity (Wildman–Crippen MR) is 101 cm³/mol. The number of nitrogens with one attached hydrogen (secondary N) is 1. The lowest BCUT2D eigenvalue weighted by molar-refractivity contribution is -0.127. The fraction of sp³-hybridized carbons (Fsp3) is 0.476. The second kappa shape index (κ2) is 7.98. The van der Waals surface area contributed by atoms with Gasteiger partial charge in [-0.05, 0) is 55.5 Å². The molecule has 0 spiro atoms. The highest BCUT2D eigenvalue weighted by Gasteiger charge is 2.27. The molecule has 0 aromatic heterocycles. The molecule has 0 radical (unpaired) electrons. The van der Waals surface area contributed by atoms with Crippen LogP contribution in [0, 0.1) is 5.92 Å². The molecule has 0 bridgehead atoms. The van der Waals surface area contributed by atoms with Crippen molar-refractivity contribution in [2.75, 3.05) is 19.7 Å². The molecule has 3 atom stereocenters. The molecule has 1 fully saturated rings. The lowest BCUT2D eigenvalue weighted by Gasteiger charge is -2.35. The largest absolute Gasteiger partial charge is 0.396 e. The standard InChI is InChI=1S/C21H28N2O2/c1-15(19-11-5-9-18-8-3-4-10-20(18)19)22-21(25)16(2)23-12-6-7-17(13-23)14-24/h3-5,8-11,15-17,24H,6-7,12-14H2,1-2H3,(H,22,25). The summed E-state index contributed by atoms with van der Waals surface area (Å²) in [6.07, 6.45) is 2.09. The number of aliphatic hydroxyl groups is 1. The number of amides is 1. The van der Waals surface area contributed by atoms with Crippen molar-refractivity contribution in [2.45, 2.75) is 38.8 Å². The number of hydrogen-bond donors (Lipinski definition) is 2. The summed E-state index contributed by atoms with van der Waals surface area (Å²) in [5.74, 6) is 0.346. The number of fused-ring (bicyclic) bond motifs is 1. The van der Waals surface area contributed by atoms with Crippen LogP contribution < -0.4 is 5.32 Å². The Balaban J connectivity index is 1.69. The van der Waals surface area contributed by atoms with Crippen LogP contribution in [0.4, 0.5) is 0 Å². The highest BCUT2D eigenvalue weighted by atomic mass is 16.3. The fourth-order valence-electron chi connectivity index (χ4n) is 3.80. The normalized spacial score (nSPS) is 21.0.